The van der Waals surface area contributed by atoms with Crippen molar-refractivity contribution in [3.05, 3.63) is 19.0 Å². The fourth-order valence-electron chi connectivity index (χ4n) is 2.79. The number of nitrogens with zero attached hydrogens (tertiary/aromatic N) is 4. The van der Waals surface area contributed by atoms with E-state index in [9.17, 15) is 19.7 Å². The van der Waals surface area contributed by atoms with Gasteiger partial charge in [0.15, 0.2) is 11.2 Å². The zero-order chi connectivity index (χ0) is 16.8. The summed E-state index contributed by atoms with van der Waals surface area (Å²) < 4.78 is 20.5. The Morgan fingerprint density at radius 3 is 2.87 bits per heavy atom. The van der Waals surface area contributed by atoms with Gasteiger partial charge in [-0.3, -0.25) is 8.96 Å². The molecule has 0 radical (unpaired) electrons. The minimum Gasteiger partial charge on any atom is -0.492 e. The molecule has 2 aromatic rings. The lowest BCUT2D eigenvalue weighted by Gasteiger charge is -2.26. The maximum Gasteiger partial charge on any atom is 0.244 e. The zero-order valence-electron chi connectivity index (χ0n) is 12.0. The molecule has 1 aliphatic rings. The molecular formula is C13H16FN5O4. The number of aromatic nitrogens is 4. The summed E-state index contributed by atoms with van der Waals surface area (Å²) in [5.41, 5.74) is 4.20. The highest BCUT2D eigenvalue weighted by Gasteiger charge is 2.53. The Kier molecular flexibility index (Phi) is 3.66. The maximum absolute atomic E-state index is 13.5. The summed E-state index contributed by atoms with van der Waals surface area (Å²) in [6, 6.07) is 0. The molecule has 1 saturated heterocycles. The van der Waals surface area contributed by atoms with Crippen LogP contribution in [0, 0.1) is 5.92 Å². The molecule has 10 heteroatoms. The highest BCUT2D eigenvalue weighted by Crippen LogP contribution is 2.43. The number of fused-ring (bicyclic) bond motifs is 1. The second kappa shape index (κ2) is 5.41. The van der Waals surface area contributed by atoms with Crippen LogP contribution in [-0.4, -0.2) is 59.8 Å². The van der Waals surface area contributed by atoms with Crippen molar-refractivity contribution in [1.82, 2.24) is 19.5 Å². The Morgan fingerprint density at radius 2 is 2.26 bits per heavy atom. The molecule has 0 saturated carbocycles. The Balaban J connectivity index is 2.13. The summed E-state index contributed by atoms with van der Waals surface area (Å²) in [5.74, 6) is -1.60. The van der Waals surface area contributed by atoms with E-state index >= 15 is 0 Å². The number of rotatable bonds is 4. The lowest BCUT2D eigenvalue weighted by atomic mass is 9.91. The summed E-state index contributed by atoms with van der Waals surface area (Å²) in [5, 5.41) is 29.6. The molecule has 0 bridgehead atoms. The normalized spacial score (nSPS) is 30.8. The van der Waals surface area contributed by atoms with Gasteiger partial charge in [-0.05, 0) is 0 Å². The van der Waals surface area contributed by atoms with Crippen LogP contribution in [0.1, 0.15) is 6.23 Å². The number of nitrogen functional groups attached to an aromatic ring is 1. The van der Waals surface area contributed by atoms with Crippen molar-refractivity contribution < 1.29 is 24.4 Å². The molecule has 124 valence electrons. The van der Waals surface area contributed by atoms with Crippen molar-refractivity contribution in [2.24, 2.45) is 5.92 Å². The van der Waals surface area contributed by atoms with Crippen LogP contribution in [-0.2, 0) is 4.74 Å². The molecule has 0 spiro atoms. The van der Waals surface area contributed by atoms with Crippen molar-refractivity contribution in [3.63, 3.8) is 0 Å². The second-order valence-corrected chi connectivity index (χ2v) is 5.32. The van der Waals surface area contributed by atoms with Gasteiger partial charge in [0, 0.05) is 0 Å². The van der Waals surface area contributed by atoms with Crippen molar-refractivity contribution in [2.75, 3.05) is 19.0 Å². The third-order valence-electron chi connectivity index (χ3n) is 4.08. The number of nitrogens with two attached hydrogens (primary N) is 1. The molecule has 0 unspecified atom stereocenters. The Morgan fingerprint density at radius 1 is 1.52 bits per heavy atom. The summed E-state index contributed by atoms with van der Waals surface area (Å²) in [7, 11) is 0. The van der Waals surface area contributed by atoms with Crippen LogP contribution in [0.3, 0.4) is 0 Å². The first-order valence-electron chi connectivity index (χ1n) is 6.82. The molecule has 9 nitrogen and oxygen atoms in total. The monoisotopic (exact) mass is 325 g/mol. The highest BCUT2D eigenvalue weighted by atomic mass is 19.1. The number of aliphatic hydroxyl groups is 2. The Hall–Kier alpha value is -2.30. The largest absolute Gasteiger partial charge is 0.492 e. The molecule has 3 heterocycles. The van der Waals surface area contributed by atoms with Crippen LogP contribution in [0.15, 0.2) is 19.0 Å². The molecule has 0 amide bonds. The van der Waals surface area contributed by atoms with Crippen molar-refractivity contribution >= 4 is 17.1 Å². The summed E-state index contributed by atoms with van der Waals surface area (Å²) in [6.45, 7) is 2.05. The van der Waals surface area contributed by atoms with Gasteiger partial charge in [0.05, 0.1) is 31.6 Å². The summed E-state index contributed by atoms with van der Waals surface area (Å²) in [4.78, 5) is 11.5. The molecule has 2 aromatic heterocycles. The van der Waals surface area contributed by atoms with E-state index in [2.05, 4.69) is 21.5 Å². The van der Waals surface area contributed by atoms with E-state index in [1.807, 2.05) is 0 Å². The smallest absolute Gasteiger partial charge is 0.244 e. The number of imidazole rings is 1. The number of ether oxygens (including phenoxy) is 1. The van der Waals surface area contributed by atoms with Gasteiger partial charge in [-0.15, -0.1) is 6.58 Å². The van der Waals surface area contributed by atoms with Crippen LogP contribution < -0.4 is 5.73 Å². The Labute approximate surface area is 129 Å². The van der Waals surface area contributed by atoms with E-state index in [1.54, 1.807) is 0 Å². The first-order valence-corrected chi connectivity index (χ1v) is 6.82. The number of aliphatic hydroxyl groups excluding tert-OH is 2. The van der Waals surface area contributed by atoms with Gasteiger partial charge in [-0.2, -0.15) is 9.97 Å². The molecule has 3 rings (SSSR count). The number of hydrogen-bond donors (Lipinski definition) is 4. The van der Waals surface area contributed by atoms with E-state index < -0.39 is 43.0 Å². The van der Waals surface area contributed by atoms with Gasteiger partial charge in [-0.1, -0.05) is 6.08 Å². The maximum atomic E-state index is 13.5. The van der Waals surface area contributed by atoms with Crippen LogP contribution >= 0.6 is 0 Å². The fraction of sp³-hybridized carbons (Fsp3) is 0.462. The number of halogens is 1. The fourth-order valence-corrected chi connectivity index (χ4v) is 2.79. The third kappa shape index (κ3) is 2.14. The highest BCUT2D eigenvalue weighted by molar-refractivity contribution is 5.77. The molecule has 4 atom stereocenters. The van der Waals surface area contributed by atoms with Gasteiger partial charge in [0.1, 0.15) is 11.8 Å². The van der Waals surface area contributed by atoms with E-state index in [0.29, 0.717) is 0 Å². The molecule has 0 aliphatic carbocycles. The van der Waals surface area contributed by atoms with Crippen LogP contribution in [0.5, 0.6) is 5.88 Å². The van der Waals surface area contributed by atoms with Crippen molar-refractivity contribution in [2.45, 2.75) is 17.9 Å². The second-order valence-electron chi connectivity index (χ2n) is 5.32. The SMILES string of the molecule is C=C[C@]1(CO)O[C@@H](n2cnc3c(O)nc(N)nc32)[C@H](CF)[C@@H]1O. The van der Waals surface area contributed by atoms with E-state index in [0.717, 1.165) is 0 Å². The topological polar surface area (TPSA) is 140 Å². The van der Waals surface area contributed by atoms with Gasteiger partial charge in [0.2, 0.25) is 11.8 Å². The first-order chi connectivity index (χ1) is 11.0. The average molecular weight is 325 g/mol. The van der Waals surface area contributed by atoms with Gasteiger partial charge >= 0.3 is 0 Å². The van der Waals surface area contributed by atoms with Crippen LogP contribution in [0.25, 0.3) is 11.2 Å². The average Bonchev–Trinajstić information content (AvgIpc) is 3.06. The van der Waals surface area contributed by atoms with Crippen molar-refractivity contribution in [1.29, 1.82) is 0 Å². The molecular weight excluding hydrogens is 309 g/mol. The lowest BCUT2D eigenvalue weighted by molar-refractivity contribution is -0.0959. The van der Waals surface area contributed by atoms with Gasteiger partial charge in [0.25, 0.3) is 0 Å². The number of hydrogen-bond acceptors (Lipinski definition) is 8. The number of aromatic hydroxyl groups is 1. The summed E-state index contributed by atoms with van der Waals surface area (Å²) in [6.07, 6.45) is 0.180. The molecule has 1 aliphatic heterocycles. The van der Waals surface area contributed by atoms with Gasteiger partial charge < -0.3 is 25.8 Å². The molecule has 5 N–H and O–H groups in total. The zero-order valence-corrected chi connectivity index (χ0v) is 12.0. The summed E-state index contributed by atoms with van der Waals surface area (Å²) >= 11 is 0. The molecule has 23 heavy (non-hydrogen) atoms. The van der Waals surface area contributed by atoms with E-state index in [4.69, 9.17) is 10.5 Å². The predicted molar refractivity (Wildman–Crippen MR) is 77.0 cm³/mol. The molecule has 0 aromatic carbocycles. The number of alkyl halides is 1. The predicted octanol–water partition coefficient (Wildman–Crippen LogP) is -0.493. The Bertz CT molecular complexity index is 753. The van der Waals surface area contributed by atoms with E-state index in [1.165, 1.54) is 17.0 Å². The quantitative estimate of drug-likeness (QED) is 0.552. The third-order valence-corrected chi connectivity index (χ3v) is 4.08. The first kappa shape index (κ1) is 15.6. The van der Waals surface area contributed by atoms with E-state index in [-0.39, 0.29) is 17.1 Å². The minimum atomic E-state index is -1.50. The van der Waals surface area contributed by atoms with Gasteiger partial charge in [-0.25, -0.2) is 4.98 Å². The lowest BCUT2D eigenvalue weighted by Crippen LogP contribution is -2.43. The van der Waals surface area contributed by atoms with Crippen LogP contribution in [0.2, 0.25) is 0 Å². The minimum absolute atomic E-state index is 0.0648. The van der Waals surface area contributed by atoms with Crippen molar-refractivity contribution in [3.8, 4) is 5.88 Å². The molecule has 1 fully saturated rings. The van der Waals surface area contributed by atoms with Crippen LogP contribution in [0.4, 0.5) is 10.3 Å². The standard InChI is InChI=1S/C13H16FN5O4/c1-2-13(4-20)8(21)6(3-14)11(23-13)19-5-16-7-9(19)17-12(15)18-10(7)22/h2,5-6,8,11,20-21H,1,3-4H2,(H3,15,17,18,22)/t6-,8+,11-,13-/m1/s1. The number of anilines is 1.